The van der Waals surface area contributed by atoms with E-state index in [9.17, 15) is 8.78 Å². The molecule has 0 amide bonds. The van der Waals surface area contributed by atoms with Crippen molar-refractivity contribution in [2.75, 3.05) is 0 Å². The van der Waals surface area contributed by atoms with Crippen molar-refractivity contribution in [1.29, 1.82) is 0 Å². The van der Waals surface area contributed by atoms with E-state index in [2.05, 4.69) is 0 Å². The Morgan fingerprint density at radius 3 is 2.50 bits per heavy atom. The second-order valence-corrected chi connectivity index (χ2v) is 3.23. The molecule has 0 radical (unpaired) electrons. The van der Waals surface area contributed by atoms with Crippen LogP contribution in [0.4, 0.5) is 8.78 Å². The van der Waals surface area contributed by atoms with E-state index in [4.69, 9.17) is 0 Å². The number of aryl methyl sites for hydroxylation is 1. The Hall–Kier alpha value is -1.44. The van der Waals surface area contributed by atoms with Gasteiger partial charge in [0.25, 0.3) is 0 Å². The molecule has 0 N–H and O–H groups in total. The van der Waals surface area contributed by atoms with Crippen LogP contribution in [-0.2, 0) is 6.42 Å². The van der Waals surface area contributed by atoms with Gasteiger partial charge in [0.15, 0.2) is 11.6 Å². The molecule has 0 aromatic heterocycles. The first kappa shape index (κ1) is 9.13. The van der Waals surface area contributed by atoms with Crippen LogP contribution in [0, 0.1) is 11.6 Å². The van der Waals surface area contributed by atoms with Crippen LogP contribution in [0.15, 0.2) is 30.3 Å². The lowest BCUT2D eigenvalue weighted by atomic mass is 10.0. The first-order chi connectivity index (χ1) is 6.74. The highest BCUT2D eigenvalue weighted by molar-refractivity contribution is 5.86. The molecular formula is C12H10F2. The first-order valence-corrected chi connectivity index (χ1v) is 4.59. The topological polar surface area (TPSA) is 0 Å². The zero-order chi connectivity index (χ0) is 10.1. The maximum atomic E-state index is 13.3. The molecule has 0 unspecified atom stereocenters. The summed E-state index contributed by atoms with van der Waals surface area (Å²) in [7, 11) is 0. The van der Waals surface area contributed by atoms with Gasteiger partial charge in [-0.1, -0.05) is 31.2 Å². The summed E-state index contributed by atoms with van der Waals surface area (Å²) in [6, 6.07) is 8.10. The lowest BCUT2D eigenvalue weighted by Gasteiger charge is -2.04. The van der Waals surface area contributed by atoms with Crippen LogP contribution in [0.2, 0.25) is 0 Å². The van der Waals surface area contributed by atoms with Crippen LogP contribution in [0.1, 0.15) is 12.5 Å². The van der Waals surface area contributed by atoms with Gasteiger partial charge in [0.05, 0.1) is 0 Å². The monoisotopic (exact) mass is 192 g/mol. The number of hydrogen-bond donors (Lipinski definition) is 0. The van der Waals surface area contributed by atoms with Crippen LogP contribution in [0.5, 0.6) is 0 Å². The maximum absolute atomic E-state index is 13.3. The Morgan fingerprint density at radius 2 is 1.79 bits per heavy atom. The Kier molecular flexibility index (Phi) is 2.20. The van der Waals surface area contributed by atoms with Crippen LogP contribution in [0.25, 0.3) is 10.8 Å². The Balaban J connectivity index is 2.86. The highest BCUT2D eigenvalue weighted by Gasteiger charge is 2.07. The van der Waals surface area contributed by atoms with E-state index in [1.165, 1.54) is 6.07 Å². The van der Waals surface area contributed by atoms with E-state index < -0.39 is 11.6 Å². The van der Waals surface area contributed by atoms with Crippen molar-refractivity contribution in [1.82, 2.24) is 0 Å². The predicted molar refractivity (Wildman–Crippen MR) is 53.2 cm³/mol. The number of benzene rings is 2. The minimum absolute atomic E-state index is 0.365. The quantitative estimate of drug-likeness (QED) is 0.646. The average molecular weight is 192 g/mol. The fraction of sp³-hybridized carbons (Fsp3) is 0.167. The smallest absolute Gasteiger partial charge is 0.166 e. The van der Waals surface area contributed by atoms with E-state index in [0.29, 0.717) is 5.39 Å². The van der Waals surface area contributed by atoms with Gasteiger partial charge < -0.3 is 0 Å². The molecule has 0 aliphatic rings. The summed E-state index contributed by atoms with van der Waals surface area (Å²) in [6.07, 6.45) is 0.822. The molecule has 2 aromatic rings. The van der Waals surface area contributed by atoms with Crippen molar-refractivity contribution < 1.29 is 8.78 Å². The van der Waals surface area contributed by atoms with Crippen LogP contribution < -0.4 is 0 Å². The zero-order valence-electron chi connectivity index (χ0n) is 7.85. The van der Waals surface area contributed by atoms with Gasteiger partial charge in [-0.3, -0.25) is 0 Å². The second kappa shape index (κ2) is 3.37. The molecule has 0 spiro atoms. The van der Waals surface area contributed by atoms with E-state index in [-0.39, 0.29) is 0 Å². The maximum Gasteiger partial charge on any atom is 0.166 e. The van der Waals surface area contributed by atoms with E-state index in [0.717, 1.165) is 17.4 Å². The molecule has 0 heterocycles. The van der Waals surface area contributed by atoms with E-state index in [1.807, 2.05) is 13.0 Å². The summed E-state index contributed by atoms with van der Waals surface area (Å²) in [5.41, 5.74) is 1.04. The number of rotatable bonds is 1. The summed E-state index contributed by atoms with van der Waals surface area (Å²) >= 11 is 0. The molecule has 0 saturated heterocycles. The molecule has 0 nitrogen and oxygen atoms in total. The third-order valence-corrected chi connectivity index (χ3v) is 2.42. The van der Waals surface area contributed by atoms with Gasteiger partial charge in [-0.15, -0.1) is 0 Å². The molecule has 14 heavy (non-hydrogen) atoms. The summed E-state index contributed by atoms with van der Waals surface area (Å²) in [5.74, 6) is -1.54. The fourth-order valence-electron chi connectivity index (χ4n) is 1.67. The lowest BCUT2D eigenvalue weighted by molar-refractivity contribution is 0.517. The summed E-state index contributed by atoms with van der Waals surface area (Å²) < 4.78 is 26.2. The van der Waals surface area contributed by atoms with Gasteiger partial charge in [0.2, 0.25) is 0 Å². The van der Waals surface area contributed by atoms with Crippen molar-refractivity contribution in [2.45, 2.75) is 13.3 Å². The minimum Gasteiger partial charge on any atom is -0.204 e. The van der Waals surface area contributed by atoms with Gasteiger partial charge in [0, 0.05) is 5.39 Å². The van der Waals surface area contributed by atoms with Crippen molar-refractivity contribution in [3.63, 3.8) is 0 Å². The summed E-state index contributed by atoms with van der Waals surface area (Å²) in [4.78, 5) is 0. The Bertz CT molecular complexity index is 475. The van der Waals surface area contributed by atoms with Crippen LogP contribution >= 0.6 is 0 Å². The fourth-order valence-corrected chi connectivity index (χ4v) is 1.67. The predicted octanol–water partition coefficient (Wildman–Crippen LogP) is 3.68. The molecule has 0 fully saturated rings. The van der Waals surface area contributed by atoms with Gasteiger partial charge in [0.1, 0.15) is 0 Å². The lowest BCUT2D eigenvalue weighted by Crippen LogP contribution is -1.89. The normalized spacial score (nSPS) is 10.8. The van der Waals surface area contributed by atoms with Crippen LogP contribution in [0.3, 0.4) is 0 Å². The zero-order valence-corrected chi connectivity index (χ0v) is 7.85. The highest BCUT2D eigenvalue weighted by atomic mass is 19.2. The van der Waals surface area contributed by atoms with E-state index in [1.54, 1.807) is 18.2 Å². The standard InChI is InChI=1S/C12H10F2/c1-2-8-4-3-5-10-9(8)6-7-11(13)12(10)14/h3-7H,2H2,1H3. The highest BCUT2D eigenvalue weighted by Crippen LogP contribution is 2.23. The summed E-state index contributed by atoms with van der Waals surface area (Å²) in [6.45, 7) is 2.00. The molecule has 0 aliphatic heterocycles. The Labute approximate surface area is 81.2 Å². The number of fused-ring (bicyclic) bond motifs is 1. The van der Waals surface area contributed by atoms with Crippen molar-refractivity contribution in [2.24, 2.45) is 0 Å². The van der Waals surface area contributed by atoms with Crippen molar-refractivity contribution in [3.8, 4) is 0 Å². The molecule has 2 aromatic carbocycles. The SMILES string of the molecule is CCc1cccc2c(F)c(F)ccc12. The molecule has 2 rings (SSSR count). The Morgan fingerprint density at radius 1 is 1.00 bits per heavy atom. The molecule has 0 atom stereocenters. The van der Waals surface area contributed by atoms with Gasteiger partial charge in [-0.05, 0) is 23.4 Å². The third-order valence-electron chi connectivity index (χ3n) is 2.42. The molecule has 0 bridgehead atoms. The van der Waals surface area contributed by atoms with Gasteiger partial charge in [-0.25, -0.2) is 8.78 Å². The third kappa shape index (κ3) is 1.27. The first-order valence-electron chi connectivity index (χ1n) is 4.59. The molecule has 0 aliphatic carbocycles. The number of hydrogen-bond acceptors (Lipinski definition) is 0. The van der Waals surface area contributed by atoms with E-state index >= 15 is 0 Å². The average Bonchev–Trinajstić information content (AvgIpc) is 2.23. The van der Waals surface area contributed by atoms with Crippen LogP contribution in [-0.4, -0.2) is 0 Å². The summed E-state index contributed by atoms with van der Waals surface area (Å²) in [5, 5.41) is 1.17. The number of halogens is 2. The largest absolute Gasteiger partial charge is 0.204 e. The van der Waals surface area contributed by atoms with Crippen molar-refractivity contribution >= 4 is 10.8 Å². The molecule has 72 valence electrons. The van der Waals surface area contributed by atoms with Gasteiger partial charge in [-0.2, -0.15) is 0 Å². The van der Waals surface area contributed by atoms with Gasteiger partial charge >= 0.3 is 0 Å². The second-order valence-electron chi connectivity index (χ2n) is 3.23. The molecule has 2 heteroatoms. The molecular weight excluding hydrogens is 182 g/mol. The minimum atomic E-state index is -0.786. The van der Waals surface area contributed by atoms with Crippen molar-refractivity contribution in [3.05, 3.63) is 47.5 Å². The molecule has 0 saturated carbocycles.